The van der Waals surface area contributed by atoms with Crippen molar-refractivity contribution in [3.8, 4) is 0 Å². The summed E-state index contributed by atoms with van der Waals surface area (Å²) in [7, 11) is 0. The van der Waals surface area contributed by atoms with Gasteiger partial charge in [0.1, 0.15) is 0 Å². The summed E-state index contributed by atoms with van der Waals surface area (Å²) in [6.45, 7) is 9.16. The van der Waals surface area contributed by atoms with Gasteiger partial charge in [0.2, 0.25) is 0 Å². The smallest absolute Gasteiger partial charge is 0 e. The fourth-order valence-corrected chi connectivity index (χ4v) is 0.583. The van der Waals surface area contributed by atoms with Crippen molar-refractivity contribution in [2.45, 2.75) is 13.3 Å². The van der Waals surface area contributed by atoms with Crippen LogP contribution in [0.5, 0.6) is 0 Å². The molecule has 0 saturated carbocycles. The number of hydrogen-bond acceptors (Lipinski definition) is 1. The van der Waals surface area contributed by atoms with Crippen molar-refractivity contribution < 1.29 is 32.7 Å². The fraction of sp³-hybridized carbons (Fsp3) is 0.286. The molecule has 2 heteroatoms. The Morgan fingerprint density at radius 1 is 1.44 bits per heavy atom. The molecule has 0 atom stereocenters. The normalized spacial score (nSPS) is 6.33. The third-order valence-electron chi connectivity index (χ3n) is 0.499. The first kappa shape index (κ1) is 16.4. The van der Waals surface area contributed by atoms with E-state index in [4.69, 9.17) is 12.6 Å². The van der Waals surface area contributed by atoms with Gasteiger partial charge in [0.05, 0.1) is 0 Å². The summed E-state index contributed by atoms with van der Waals surface area (Å²) in [6.07, 6.45) is 0.787. The molecule has 0 bridgehead atoms. The Morgan fingerprint density at radius 3 is 1.78 bits per heavy atom. The maximum atomic E-state index is 4.70. The molecule has 1 radical (unpaired) electrons. The first-order valence-electron chi connectivity index (χ1n) is 2.12. The maximum Gasteiger partial charge on any atom is 0 e. The van der Waals surface area contributed by atoms with Crippen molar-refractivity contribution in [1.29, 1.82) is 0 Å². The Hall–Kier alpha value is 0.804. The molecule has 0 aliphatic carbocycles. The number of rotatable bonds is 2. The van der Waals surface area contributed by atoms with Crippen molar-refractivity contribution in [2.24, 2.45) is 0 Å². The largest absolute Gasteiger partial charge is 0.784 e. The number of hydrogen-bond donors (Lipinski definition) is 0. The molecule has 0 spiro atoms. The predicted octanol–water partition coefficient (Wildman–Crippen LogP) is 2.46. The van der Waals surface area contributed by atoms with Crippen LogP contribution in [-0.4, -0.2) is 0 Å². The van der Waals surface area contributed by atoms with Crippen molar-refractivity contribution in [2.75, 3.05) is 0 Å². The molecule has 51 valence electrons. The first-order chi connectivity index (χ1) is 3.13. The van der Waals surface area contributed by atoms with Crippen molar-refractivity contribution in [1.82, 2.24) is 0 Å². The standard InChI is InChI=1S/C6H10S.CH3.Y/c1-5(2)4-6(3)7;;/h7H,1,3-4H2,2H3;1H3;/q;-1;/p-1. The molecule has 0 saturated heterocycles. The molecule has 0 unspecified atom stereocenters. The van der Waals surface area contributed by atoms with Crippen LogP contribution in [0.3, 0.4) is 0 Å². The van der Waals surface area contributed by atoms with Gasteiger partial charge >= 0.3 is 0 Å². The fourth-order valence-electron chi connectivity index (χ4n) is 0.337. The van der Waals surface area contributed by atoms with Crippen LogP contribution in [0, 0.1) is 7.43 Å². The molecule has 0 aromatic rings. The molecule has 0 amide bonds. The Labute approximate surface area is 89.1 Å². The van der Waals surface area contributed by atoms with Crippen LogP contribution in [0.25, 0.3) is 0 Å². The van der Waals surface area contributed by atoms with Crippen LogP contribution in [0.1, 0.15) is 13.3 Å². The second-order valence-corrected chi connectivity index (χ2v) is 2.25. The summed E-state index contributed by atoms with van der Waals surface area (Å²) in [4.78, 5) is 0.771. The molecule has 0 fully saturated rings. The number of allylic oxidation sites excluding steroid dienone is 2. The van der Waals surface area contributed by atoms with Gasteiger partial charge in [-0.3, -0.25) is 0 Å². The Balaban J connectivity index is -0.000000180. The second-order valence-electron chi connectivity index (χ2n) is 1.67. The molecule has 0 aromatic carbocycles. The first-order valence-corrected chi connectivity index (χ1v) is 2.53. The van der Waals surface area contributed by atoms with E-state index in [1.54, 1.807) is 0 Å². The van der Waals surface area contributed by atoms with Crippen molar-refractivity contribution in [3.63, 3.8) is 0 Å². The van der Waals surface area contributed by atoms with Gasteiger partial charge in [0, 0.05) is 32.7 Å². The second kappa shape index (κ2) is 8.80. The van der Waals surface area contributed by atoms with E-state index in [1.807, 2.05) is 6.92 Å². The van der Waals surface area contributed by atoms with E-state index in [0.717, 1.165) is 16.9 Å². The van der Waals surface area contributed by atoms with Gasteiger partial charge in [-0.15, -0.1) is 6.58 Å². The molecule has 0 aromatic heterocycles. The average molecular weight is 217 g/mol. The minimum absolute atomic E-state index is 0. The molecule has 0 N–H and O–H groups in total. The maximum absolute atomic E-state index is 4.70. The molecule has 9 heavy (non-hydrogen) atoms. The summed E-state index contributed by atoms with van der Waals surface area (Å²) in [6, 6.07) is 0. The van der Waals surface area contributed by atoms with E-state index in [2.05, 4.69) is 13.2 Å². The van der Waals surface area contributed by atoms with E-state index in [9.17, 15) is 0 Å². The summed E-state index contributed by atoms with van der Waals surface area (Å²) < 4.78 is 0. The summed E-state index contributed by atoms with van der Waals surface area (Å²) in [5.74, 6) is 0. The van der Waals surface area contributed by atoms with Gasteiger partial charge in [-0.25, -0.2) is 4.91 Å². The van der Waals surface area contributed by atoms with E-state index < -0.39 is 0 Å². The van der Waals surface area contributed by atoms with Crippen LogP contribution >= 0.6 is 0 Å². The summed E-state index contributed by atoms with van der Waals surface area (Å²) >= 11 is 4.70. The quantitative estimate of drug-likeness (QED) is 0.389. The molecule has 0 aliphatic rings. The average Bonchev–Trinajstić information content (AvgIpc) is 1.27. The topological polar surface area (TPSA) is 0 Å². The molecule has 0 nitrogen and oxygen atoms in total. The van der Waals surface area contributed by atoms with Gasteiger partial charge < -0.3 is 20.1 Å². The van der Waals surface area contributed by atoms with E-state index in [0.29, 0.717) is 0 Å². The van der Waals surface area contributed by atoms with E-state index >= 15 is 0 Å². The van der Waals surface area contributed by atoms with Gasteiger partial charge in [-0.1, -0.05) is 12.2 Å². The third kappa shape index (κ3) is 17.7. The molecule has 0 aliphatic heterocycles. The molecule has 0 rings (SSSR count). The zero-order valence-corrected chi connectivity index (χ0v) is 9.76. The SMILES string of the molecule is C=C(C)CC(=C)[S-].[CH3-].[Y]. The Morgan fingerprint density at radius 2 is 1.78 bits per heavy atom. The van der Waals surface area contributed by atoms with Crippen LogP contribution in [0.4, 0.5) is 0 Å². The monoisotopic (exact) mass is 217 g/mol. The Kier molecular flexibility index (Phi) is 16.1. The zero-order chi connectivity index (χ0) is 5.86. The minimum atomic E-state index is 0. The van der Waals surface area contributed by atoms with Crippen molar-refractivity contribution >= 4 is 12.6 Å². The summed E-state index contributed by atoms with van der Waals surface area (Å²) in [5, 5.41) is 0. The predicted molar refractivity (Wildman–Crippen MR) is 42.4 cm³/mol. The summed E-state index contributed by atoms with van der Waals surface area (Å²) in [5.41, 5.74) is 1.08. The van der Waals surface area contributed by atoms with Gasteiger partial charge in [0.25, 0.3) is 0 Å². The van der Waals surface area contributed by atoms with Crippen molar-refractivity contribution in [3.05, 3.63) is 31.1 Å². The molecular weight excluding hydrogens is 205 g/mol. The van der Waals surface area contributed by atoms with Crippen LogP contribution in [-0.2, 0) is 45.3 Å². The Bertz CT molecular complexity index is 85.1. The zero-order valence-electron chi connectivity index (χ0n) is 6.11. The van der Waals surface area contributed by atoms with E-state index in [1.165, 1.54) is 0 Å². The third-order valence-corrected chi connectivity index (χ3v) is 0.643. The van der Waals surface area contributed by atoms with Gasteiger partial charge in [0.15, 0.2) is 0 Å². The minimum Gasteiger partial charge on any atom is -0.784 e. The molecule has 0 heterocycles. The van der Waals surface area contributed by atoms with Gasteiger partial charge in [-0.05, 0) is 13.3 Å². The van der Waals surface area contributed by atoms with Gasteiger partial charge in [-0.2, -0.15) is 0 Å². The van der Waals surface area contributed by atoms with Crippen LogP contribution in [0.15, 0.2) is 23.6 Å². The molecular formula is C7H12SY-2. The van der Waals surface area contributed by atoms with Crippen LogP contribution < -0.4 is 0 Å². The van der Waals surface area contributed by atoms with Crippen LogP contribution in [0.2, 0.25) is 0 Å². The van der Waals surface area contributed by atoms with E-state index in [-0.39, 0.29) is 40.1 Å².